The van der Waals surface area contributed by atoms with Crippen LogP contribution in [0.2, 0.25) is 0 Å². The summed E-state index contributed by atoms with van der Waals surface area (Å²) < 4.78 is 0. The van der Waals surface area contributed by atoms with Gasteiger partial charge in [0.15, 0.2) is 0 Å². The molecule has 2 aliphatic rings. The smallest absolute Gasteiger partial charge is 0.0280 e. The Morgan fingerprint density at radius 3 is 2.38 bits per heavy atom. The van der Waals surface area contributed by atoms with Crippen LogP contribution in [0.25, 0.3) is 0 Å². The van der Waals surface area contributed by atoms with Crippen LogP contribution in [0.1, 0.15) is 33.6 Å². The zero-order valence-corrected chi connectivity index (χ0v) is 11.3. The molecule has 3 atom stereocenters. The normalized spacial score (nSPS) is 42.8. The lowest BCUT2D eigenvalue weighted by atomic mass is 9.98. The Labute approximate surface area is 100 Å². The molecule has 2 aliphatic heterocycles. The standard InChI is InChI=1S/C13H27N3/c1-11-8-16(9-12(2)15(11)4)10-13(3)6-5-7-14-13/h11-12,14H,5-10H2,1-4H3. The second kappa shape index (κ2) is 4.63. The molecule has 0 bridgehead atoms. The summed E-state index contributed by atoms with van der Waals surface area (Å²) in [5.74, 6) is 0. The quantitative estimate of drug-likeness (QED) is 0.760. The molecule has 0 saturated carbocycles. The molecule has 3 unspecified atom stereocenters. The molecule has 0 radical (unpaired) electrons. The summed E-state index contributed by atoms with van der Waals surface area (Å²) in [6, 6.07) is 1.38. The Morgan fingerprint density at radius 1 is 1.25 bits per heavy atom. The molecule has 0 aromatic carbocycles. The van der Waals surface area contributed by atoms with Crippen LogP contribution in [0.15, 0.2) is 0 Å². The Bertz CT molecular complexity index is 223. The summed E-state index contributed by atoms with van der Waals surface area (Å²) in [6.45, 7) is 11.9. The molecule has 1 N–H and O–H groups in total. The second-order valence-electron chi connectivity index (χ2n) is 6.15. The van der Waals surface area contributed by atoms with Crippen molar-refractivity contribution in [3.63, 3.8) is 0 Å². The molecule has 0 aromatic rings. The van der Waals surface area contributed by atoms with Crippen molar-refractivity contribution in [3.05, 3.63) is 0 Å². The Hall–Kier alpha value is -0.120. The van der Waals surface area contributed by atoms with Gasteiger partial charge in [-0.15, -0.1) is 0 Å². The van der Waals surface area contributed by atoms with Crippen LogP contribution in [0.4, 0.5) is 0 Å². The minimum absolute atomic E-state index is 0.370. The van der Waals surface area contributed by atoms with E-state index in [0.717, 1.165) is 0 Å². The molecular formula is C13H27N3. The lowest BCUT2D eigenvalue weighted by molar-refractivity contribution is 0.0459. The van der Waals surface area contributed by atoms with Crippen LogP contribution in [-0.4, -0.2) is 60.6 Å². The molecule has 16 heavy (non-hydrogen) atoms. The van der Waals surface area contributed by atoms with Crippen molar-refractivity contribution >= 4 is 0 Å². The highest BCUT2D eigenvalue weighted by Gasteiger charge is 2.34. The first kappa shape index (κ1) is 12.3. The van der Waals surface area contributed by atoms with Gasteiger partial charge in [0.1, 0.15) is 0 Å². The van der Waals surface area contributed by atoms with Crippen LogP contribution in [-0.2, 0) is 0 Å². The van der Waals surface area contributed by atoms with Gasteiger partial charge in [0, 0.05) is 37.3 Å². The fourth-order valence-corrected chi connectivity index (χ4v) is 3.23. The van der Waals surface area contributed by atoms with Crippen molar-refractivity contribution in [2.24, 2.45) is 0 Å². The summed E-state index contributed by atoms with van der Waals surface area (Å²) >= 11 is 0. The first-order chi connectivity index (χ1) is 7.50. The van der Waals surface area contributed by atoms with Crippen molar-refractivity contribution < 1.29 is 0 Å². The fraction of sp³-hybridized carbons (Fsp3) is 1.00. The highest BCUT2D eigenvalue weighted by Crippen LogP contribution is 2.22. The lowest BCUT2D eigenvalue weighted by Gasteiger charge is -2.45. The molecular weight excluding hydrogens is 198 g/mol. The number of nitrogens with one attached hydrogen (secondary N) is 1. The van der Waals surface area contributed by atoms with Crippen LogP contribution >= 0.6 is 0 Å². The van der Waals surface area contributed by atoms with Crippen molar-refractivity contribution in [3.8, 4) is 0 Å². The molecule has 3 nitrogen and oxygen atoms in total. The number of likely N-dealkylation sites (N-methyl/N-ethyl adjacent to an activating group) is 1. The molecule has 0 amide bonds. The number of rotatable bonds is 2. The highest BCUT2D eigenvalue weighted by atomic mass is 15.3. The SMILES string of the molecule is CC1CN(CC2(C)CCCN2)CC(C)N1C. The number of nitrogens with zero attached hydrogens (tertiary/aromatic N) is 2. The van der Waals surface area contributed by atoms with Crippen molar-refractivity contribution in [2.75, 3.05) is 33.2 Å². The summed E-state index contributed by atoms with van der Waals surface area (Å²) in [7, 11) is 2.25. The molecule has 3 heteroatoms. The van der Waals surface area contributed by atoms with E-state index < -0.39 is 0 Å². The maximum atomic E-state index is 3.67. The summed E-state index contributed by atoms with van der Waals surface area (Å²) in [5.41, 5.74) is 0.370. The van der Waals surface area contributed by atoms with E-state index in [9.17, 15) is 0 Å². The molecule has 94 valence electrons. The predicted octanol–water partition coefficient (Wildman–Crippen LogP) is 1.15. The van der Waals surface area contributed by atoms with E-state index in [-0.39, 0.29) is 0 Å². The third-order valence-electron chi connectivity index (χ3n) is 4.47. The Morgan fingerprint density at radius 2 is 1.88 bits per heavy atom. The van der Waals surface area contributed by atoms with Crippen molar-refractivity contribution in [1.82, 2.24) is 15.1 Å². The average Bonchev–Trinajstić information content (AvgIpc) is 2.61. The maximum absolute atomic E-state index is 3.67. The molecule has 2 rings (SSSR count). The van der Waals surface area contributed by atoms with Gasteiger partial charge in [0.05, 0.1) is 0 Å². The average molecular weight is 225 g/mol. The van der Waals surface area contributed by atoms with Gasteiger partial charge in [-0.3, -0.25) is 9.80 Å². The van der Waals surface area contributed by atoms with E-state index in [1.807, 2.05) is 0 Å². The highest BCUT2D eigenvalue weighted by molar-refractivity contribution is 4.94. The van der Waals surface area contributed by atoms with Crippen LogP contribution < -0.4 is 5.32 Å². The van der Waals surface area contributed by atoms with Crippen molar-refractivity contribution in [2.45, 2.75) is 51.2 Å². The Kier molecular flexibility index (Phi) is 3.57. The van der Waals surface area contributed by atoms with E-state index in [4.69, 9.17) is 0 Å². The number of hydrogen-bond acceptors (Lipinski definition) is 3. The van der Waals surface area contributed by atoms with E-state index in [1.165, 1.54) is 39.0 Å². The number of hydrogen-bond donors (Lipinski definition) is 1. The topological polar surface area (TPSA) is 18.5 Å². The monoisotopic (exact) mass is 225 g/mol. The first-order valence-electron chi connectivity index (χ1n) is 6.69. The molecule has 2 fully saturated rings. The summed E-state index contributed by atoms with van der Waals surface area (Å²) in [4.78, 5) is 5.15. The Balaban J connectivity index is 1.91. The minimum Gasteiger partial charge on any atom is -0.310 e. The third kappa shape index (κ3) is 2.58. The van der Waals surface area contributed by atoms with Gasteiger partial charge in [-0.2, -0.15) is 0 Å². The molecule has 0 spiro atoms. The van der Waals surface area contributed by atoms with Gasteiger partial charge in [-0.05, 0) is 47.2 Å². The van der Waals surface area contributed by atoms with E-state index in [2.05, 4.69) is 42.9 Å². The predicted molar refractivity (Wildman–Crippen MR) is 68.8 cm³/mol. The largest absolute Gasteiger partial charge is 0.310 e. The molecule has 0 aromatic heterocycles. The third-order valence-corrected chi connectivity index (χ3v) is 4.47. The van der Waals surface area contributed by atoms with Gasteiger partial charge < -0.3 is 5.32 Å². The second-order valence-corrected chi connectivity index (χ2v) is 6.15. The zero-order chi connectivity index (χ0) is 11.8. The lowest BCUT2D eigenvalue weighted by Crippen LogP contribution is -2.59. The molecule has 2 heterocycles. The minimum atomic E-state index is 0.370. The molecule has 2 saturated heterocycles. The van der Waals surface area contributed by atoms with Gasteiger partial charge in [-0.1, -0.05) is 0 Å². The maximum Gasteiger partial charge on any atom is 0.0280 e. The van der Waals surface area contributed by atoms with Gasteiger partial charge >= 0.3 is 0 Å². The molecule has 0 aliphatic carbocycles. The zero-order valence-electron chi connectivity index (χ0n) is 11.3. The van der Waals surface area contributed by atoms with Gasteiger partial charge in [0.25, 0.3) is 0 Å². The van der Waals surface area contributed by atoms with Gasteiger partial charge in [-0.25, -0.2) is 0 Å². The van der Waals surface area contributed by atoms with E-state index in [1.54, 1.807) is 0 Å². The van der Waals surface area contributed by atoms with Gasteiger partial charge in [0.2, 0.25) is 0 Å². The first-order valence-corrected chi connectivity index (χ1v) is 6.69. The van der Waals surface area contributed by atoms with Crippen LogP contribution in [0, 0.1) is 0 Å². The fourth-order valence-electron chi connectivity index (χ4n) is 3.23. The number of piperazine rings is 1. The summed E-state index contributed by atoms with van der Waals surface area (Å²) in [5, 5.41) is 3.67. The summed E-state index contributed by atoms with van der Waals surface area (Å²) in [6.07, 6.45) is 2.68. The van der Waals surface area contributed by atoms with Crippen molar-refractivity contribution in [1.29, 1.82) is 0 Å². The van der Waals surface area contributed by atoms with E-state index >= 15 is 0 Å². The van der Waals surface area contributed by atoms with Crippen LogP contribution in [0.3, 0.4) is 0 Å². The van der Waals surface area contributed by atoms with E-state index in [0.29, 0.717) is 17.6 Å². The van der Waals surface area contributed by atoms with Crippen LogP contribution in [0.5, 0.6) is 0 Å².